The summed E-state index contributed by atoms with van der Waals surface area (Å²) in [6, 6.07) is 4.64. The summed E-state index contributed by atoms with van der Waals surface area (Å²) < 4.78 is 31.9. The number of nitrogens with one attached hydrogen (secondary N) is 3. The normalized spacial score (nSPS) is 17.6. The van der Waals surface area contributed by atoms with Gasteiger partial charge in [-0.15, -0.1) is 0 Å². The second kappa shape index (κ2) is 4.77. The maximum atomic E-state index is 12.0. The lowest BCUT2D eigenvalue weighted by Gasteiger charge is -2.23. The van der Waals surface area contributed by atoms with Gasteiger partial charge in [0.25, 0.3) is 15.9 Å². The van der Waals surface area contributed by atoms with Crippen LogP contribution in [0.25, 0.3) is 0 Å². The van der Waals surface area contributed by atoms with Gasteiger partial charge in [0, 0.05) is 0 Å². The number of H-pyrrole nitrogens is 1. The Labute approximate surface area is 120 Å². The van der Waals surface area contributed by atoms with Gasteiger partial charge in [0.15, 0.2) is 11.1 Å². The van der Waals surface area contributed by atoms with Crippen LogP contribution < -0.4 is 14.8 Å². The molecule has 0 saturated heterocycles. The van der Waals surface area contributed by atoms with Gasteiger partial charge in [-0.05, 0) is 25.1 Å². The SMILES string of the molecule is CC1Oc2ccc(NS(=O)(=O)c3cnc[nH]3)cc2NC1=O. The van der Waals surface area contributed by atoms with Crippen LogP contribution in [0.1, 0.15) is 6.92 Å². The molecule has 1 aliphatic heterocycles. The fourth-order valence-electron chi connectivity index (χ4n) is 1.87. The number of imidazole rings is 1. The van der Waals surface area contributed by atoms with Crippen LogP contribution in [0.2, 0.25) is 0 Å². The molecule has 0 aliphatic carbocycles. The molecule has 0 bridgehead atoms. The summed E-state index contributed by atoms with van der Waals surface area (Å²) in [6.07, 6.45) is 1.90. The number of aromatic nitrogens is 2. The maximum absolute atomic E-state index is 12.0. The van der Waals surface area contributed by atoms with Gasteiger partial charge in [-0.3, -0.25) is 9.52 Å². The molecule has 9 heteroatoms. The van der Waals surface area contributed by atoms with E-state index in [4.69, 9.17) is 4.74 Å². The maximum Gasteiger partial charge on any atom is 0.278 e. The van der Waals surface area contributed by atoms with Gasteiger partial charge in [0.05, 0.1) is 23.9 Å². The predicted octanol–water partition coefficient (Wildman–Crippen LogP) is 0.930. The number of ether oxygens (including phenoxy) is 1. The highest BCUT2D eigenvalue weighted by molar-refractivity contribution is 7.92. The van der Waals surface area contributed by atoms with Crippen molar-refractivity contribution in [1.29, 1.82) is 0 Å². The average Bonchev–Trinajstić information content (AvgIpc) is 2.95. The predicted molar refractivity (Wildman–Crippen MR) is 74.6 cm³/mol. The van der Waals surface area contributed by atoms with E-state index in [2.05, 4.69) is 20.0 Å². The van der Waals surface area contributed by atoms with Crippen LogP contribution in [0.4, 0.5) is 11.4 Å². The molecule has 0 saturated carbocycles. The number of benzene rings is 1. The largest absolute Gasteiger partial charge is 0.479 e. The van der Waals surface area contributed by atoms with Crippen molar-refractivity contribution in [2.45, 2.75) is 18.1 Å². The van der Waals surface area contributed by atoms with Crippen molar-refractivity contribution >= 4 is 27.3 Å². The van der Waals surface area contributed by atoms with Crippen LogP contribution in [0.15, 0.2) is 35.7 Å². The van der Waals surface area contributed by atoms with E-state index in [1.54, 1.807) is 19.1 Å². The number of amides is 1. The van der Waals surface area contributed by atoms with E-state index in [0.29, 0.717) is 17.1 Å². The number of carbonyl (C=O) groups is 1. The smallest absolute Gasteiger partial charge is 0.278 e. The summed E-state index contributed by atoms with van der Waals surface area (Å²) in [6.45, 7) is 1.63. The molecule has 3 rings (SSSR count). The van der Waals surface area contributed by atoms with Crippen molar-refractivity contribution in [3.63, 3.8) is 0 Å². The first-order valence-corrected chi connectivity index (χ1v) is 7.57. The highest BCUT2D eigenvalue weighted by Gasteiger charge is 2.24. The van der Waals surface area contributed by atoms with Gasteiger partial charge >= 0.3 is 0 Å². The van der Waals surface area contributed by atoms with Crippen LogP contribution in [0, 0.1) is 0 Å². The van der Waals surface area contributed by atoms with E-state index in [1.807, 2.05) is 0 Å². The Morgan fingerprint density at radius 2 is 2.19 bits per heavy atom. The molecule has 110 valence electrons. The van der Waals surface area contributed by atoms with Gasteiger partial charge in [0.1, 0.15) is 5.75 Å². The third-order valence-corrected chi connectivity index (χ3v) is 4.23. The Morgan fingerprint density at radius 3 is 2.90 bits per heavy atom. The number of anilines is 2. The number of rotatable bonds is 3. The Kier molecular flexibility index (Phi) is 3.05. The molecule has 1 unspecified atom stereocenters. The topological polar surface area (TPSA) is 113 Å². The summed E-state index contributed by atoms with van der Waals surface area (Å²) in [5, 5.41) is 2.60. The lowest BCUT2D eigenvalue weighted by molar-refractivity contribution is -0.122. The van der Waals surface area contributed by atoms with Gasteiger partial charge in [-0.25, -0.2) is 4.98 Å². The molecular weight excluding hydrogens is 296 g/mol. The van der Waals surface area contributed by atoms with Crippen molar-refractivity contribution in [1.82, 2.24) is 9.97 Å². The molecule has 1 aromatic heterocycles. The van der Waals surface area contributed by atoms with E-state index in [1.165, 1.54) is 18.6 Å². The zero-order valence-electron chi connectivity index (χ0n) is 11.0. The zero-order valence-corrected chi connectivity index (χ0v) is 11.8. The molecule has 2 aromatic rings. The Morgan fingerprint density at radius 1 is 1.38 bits per heavy atom. The standard InChI is InChI=1S/C12H12N4O4S/c1-7-12(17)15-9-4-8(2-3-10(9)20-7)16-21(18,19)11-5-13-6-14-11/h2-7,16H,1H3,(H,13,14)(H,15,17). The van der Waals surface area contributed by atoms with E-state index < -0.39 is 16.1 Å². The monoisotopic (exact) mass is 308 g/mol. The second-order valence-corrected chi connectivity index (χ2v) is 6.13. The fraction of sp³-hybridized carbons (Fsp3) is 0.167. The molecule has 0 spiro atoms. The average molecular weight is 308 g/mol. The first-order valence-electron chi connectivity index (χ1n) is 6.08. The van der Waals surface area contributed by atoms with Gasteiger partial charge < -0.3 is 15.0 Å². The molecule has 1 atom stereocenters. The van der Waals surface area contributed by atoms with E-state index in [-0.39, 0.29) is 10.9 Å². The highest BCUT2D eigenvalue weighted by atomic mass is 32.2. The molecule has 1 aromatic carbocycles. The minimum Gasteiger partial charge on any atom is -0.479 e. The summed E-state index contributed by atoms with van der Waals surface area (Å²) in [4.78, 5) is 17.7. The number of aromatic amines is 1. The third-order valence-electron chi connectivity index (χ3n) is 2.93. The highest BCUT2D eigenvalue weighted by Crippen LogP contribution is 2.32. The van der Waals surface area contributed by atoms with Crippen LogP contribution in [-0.4, -0.2) is 30.4 Å². The Bertz CT molecular complexity index is 786. The summed E-state index contributed by atoms with van der Waals surface area (Å²) in [5.41, 5.74) is 0.727. The molecule has 2 heterocycles. The quantitative estimate of drug-likeness (QED) is 0.780. The summed E-state index contributed by atoms with van der Waals surface area (Å²) >= 11 is 0. The van der Waals surface area contributed by atoms with Crippen LogP contribution in [-0.2, 0) is 14.8 Å². The van der Waals surface area contributed by atoms with Crippen LogP contribution in [0.5, 0.6) is 5.75 Å². The number of nitrogens with zero attached hydrogens (tertiary/aromatic N) is 1. The number of fused-ring (bicyclic) bond motifs is 1. The van der Waals surface area contributed by atoms with Gasteiger partial charge in [-0.1, -0.05) is 0 Å². The van der Waals surface area contributed by atoms with E-state index >= 15 is 0 Å². The minimum atomic E-state index is -3.74. The van der Waals surface area contributed by atoms with Gasteiger partial charge in [-0.2, -0.15) is 8.42 Å². The van der Waals surface area contributed by atoms with Crippen LogP contribution >= 0.6 is 0 Å². The lowest BCUT2D eigenvalue weighted by atomic mass is 10.2. The van der Waals surface area contributed by atoms with Crippen molar-refractivity contribution < 1.29 is 17.9 Å². The molecule has 1 amide bonds. The van der Waals surface area contributed by atoms with Crippen molar-refractivity contribution in [3.05, 3.63) is 30.7 Å². The van der Waals surface area contributed by atoms with Crippen molar-refractivity contribution in [2.75, 3.05) is 10.0 Å². The number of hydrogen-bond donors (Lipinski definition) is 3. The fourth-order valence-corrected chi connectivity index (χ4v) is 2.83. The second-order valence-electron chi connectivity index (χ2n) is 4.48. The number of hydrogen-bond acceptors (Lipinski definition) is 5. The van der Waals surface area contributed by atoms with E-state index in [9.17, 15) is 13.2 Å². The summed E-state index contributed by atoms with van der Waals surface area (Å²) in [5.74, 6) is 0.211. The molecule has 8 nitrogen and oxygen atoms in total. The molecule has 0 fully saturated rings. The molecule has 1 aliphatic rings. The summed E-state index contributed by atoms with van der Waals surface area (Å²) in [7, 11) is -3.74. The van der Waals surface area contributed by atoms with E-state index in [0.717, 1.165) is 0 Å². The molecular formula is C12H12N4O4S. The lowest BCUT2D eigenvalue weighted by Crippen LogP contribution is -2.34. The minimum absolute atomic E-state index is 0.0471. The first-order chi connectivity index (χ1) is 9.95. The van der Waals surface area contributed by atoms with Crippen molar-refractivity contribution in [2.24, 2.45) is 0 Å². The first kappa shape index (κ1) is 13.4. The Balaban J connectivity index is 1.88. The number of carbonyl (C=O) groups excluding carboxylic acids is 1. The van der Waals surface area contributed by atoms with Gasteiger partial charge in [0.2, 0.25) is 0 Å². The third kappa shape index (κ3) is 2.55. The molecule has 21 heavy (non-hydrogen) atoms. The van der Waals surface area contributed by atoms with Crippen LogP contribution in [0.3, 0.4) is 0 Å². The number of sulfonamides is 1. The zero-order chi connectivity index (χ0) is 15.0. The molecule has 3 N–H and O–H groups in total. The Hall–Kier alpha value is -2.55. The van der Waals surface area contributed by atoms with Crippen molar-refractivity contribution in [3.8, 4) is 5.75 Å². The molecule has 0 radical (unpaired) electrons.